The lowest BCUT2D eigenvalue weighted by Crippen LogP contribution is -2.23. The highest BCUT2D eigenvalue weighted by Crippen LogP contribution is 2.22. The van der Waals surface area contributed by atoms with E-state index in [1.54, 1.807) is 6.92 Å². The highest BCUT2D eigenvalue weighted by atomic mass is 32.2. The van der Waals surface area contributed by atoms with Gasteiger partial charge >= 0.3 is 0 Å². The van der Waals surface area contributed by atoms with Gasteiger partial charge in [-0.25, -0.2) is 13.8 Å². The molecule has 1 aromatic heterocycles. The van der Waals surface area contributed by atoms with E-state index < -0.39 is 9.84 Å². The number of nitrogens with zero attached hydrogens (tertiary/aromatic N) is 2. The minimum Gasteiger partial charge on any atom is -0.389 e. The molecule has 9 heteroatoms. The van der Waals surface area contributed by atoms with Crippen LogP contribution in [-0.4, -0.2) is 35.9 Å². The number of nitrogens with one attached hydrogen (secondary N) is 1. The van der Waals surface area contributed by atoms with Crippen molar-refractivity contribution in [1.29, 1.82) is 0 Å². The molecule has 116 valence electrons. The monoisotopic (exact) mass is 330 g/mol. The second-order valence-electron chi connectivity index (χ2n) is 5.21. The lowest BCUT2D eigenvalue weighted by atomic mass is 10.1. The van der Waals surface area contributed by atoms with Crippen LogP contribution in [0, 0.1) is 12.8 Å². The lowest BCUT2D eigenvalue weighted by molar-refractivity contribution is -0.121. The molecule has 0 saturated carbocycles. The third-order valence-corrected chi connectivity index (χ3v) is 6.00. The van der Waals surface area contributed by atoms with Gasteiger partial charge in [-0.2, -0.15) is 9.47 Å². The predicted molar refractivity (Wildman–Crippen MR) is 83.0 cm³/mol. The van der Waals surface area contributed by atoms with Crippen molar-refractivity contribution in [3.63, 3.8) is 0 Å². The number of nitrogens with two attached hydrogens (primary N) is 1. The van der Waals surface area contributed by atoms with Gasteiger partial charge in [0.2, 0.25) is 5.91 Å². The number of hydrazone groups is 1. The number of nitrogen functional groups attached to an aromatic ring is 1. The summed E-state index contributed by atoms with van der Waals surface area (Å²) in [7, 11) is -2.96. The van der Waals surface area contributed by atoms with Crippen molar-refractivity contribution in [2.75, 3.05) is 17.2 Å². The summed E-state index contributed by atoms with van der Waals surface area (Å²) in [4.78, 5) is 11.8. The van der Waals surface area contributed by atoms with Crippen LogP contribution >= 0.6 is 11.5 Å². The van der Waals surface area contributed by atoms with E-state index in [0.29, 0.717) is 17.1 Å². The van der Waals surface area contributed by atoms with Crippen LogP contribution in [0.4, 0.5) is 5.00 Å². The third kappa shape index (κ3) is 4.01. The Kier molecular flexibility index (Phi) is 4.62. The molecule has 1 amide bonds. The maximum absolute atomic E-state index is 11.8. The summed E-state index contributed by atoms with van der Waals surface area (Å²) < 4.78 is 26.8. The molecular formula is C12H18N4O3S2. The Hall–Kier alpha value is -1.48. The molecule has 1 fully saturated rings. The fraction of sp³-hybridized carbons (Fsp3) is 0.583. The van der Waals surface area contributed by atoms with Crippen molar-refractivity contribution < 1.29 is 13.2 Å². The molecule has 1 atom stereocenters. The summed E-state index contributed by atoms with van der Waals surface area (Å²) in [6.45, 7) is 3.57. The van der Waals surface area contributed by atoms with Crippen LogP contribution in [0.15, 0.2) is 5.10 Å². The van der Waals surface area contributed by atoms with E-state index in [4.69, 9.17) is 5.73 Å². The van der Waals surface area contributed by atoms with Crippen molar-refractivity contribution in [3.8, 4) is 0 Å². The molecule has 0 aliphatic carbocycles. The standard InChI is InChI=1S/C12H18N4O3S2/c1-7(11-8(2)16-20-12(11)13)14-15-10(17)5-9-3-4-21(18,19)6-9/h9H,3-6,13H2,1-2H3,(H,15,17)/b14-7-/t9-/m1/s1. The van der Waals surface area contributed by atoms with E-state index >= 15 is 0 Å². The Balaban J connectivity index is 1.93. The first-order valence-electron chi connectivity index (χ1n) is 6.54. The summed E-state index contributed by atoms with van der Waals surface area (Å²) in [5.41, 5.74) is 10.4. The first-order chi connectivity index (χ1) is 9.78. The zero-order valence-corrected chi connectivity index (χ0v) is 13.6. The van der Waals surface area contributed by atoms with Crippen molar-refractivity contribution >= 4 is 38.0 Å². The SMILES string of the molecule is C/C(=N/NC(=O)C[C@H]1CCS(=O)(=O)C1)c1c(C)nsc1N. The van der Waals surface area contributed by atoms with Crippen LogP contribution < -0.4 is 11.2 Å². The highest BCUT2D eigenvalue weighted by Gasteiger charge is 2.29. The van der Waals surface area contributed by atoms with E-state index in [0.717, 1.165) is 11.3 Å². The van der Waals surface area contributed by atoms with E-state index in [1.807, 2.05) is 6.92 Å². The van der Waals surface area contributed by atoms with Gasteiger partial charge in [-0.1, -0.05) is 0 Å². The number of hydrogen-bond acceptors (Lipinski definition) is 7. The molecular weight excluding hydrogens is 312 g/mol. The number of carbonyl (C=O) groups is 1. The number of aromatic nitrogens is 1. The number of carbonyl (C=O) groups excluding carboxylic acids is 1. The van der Waals surface area contributed by atoms with E-state index in [2.05, 4.69) is 14.9 Å². The first-order valence-corrected chi connectivity index (χ1v) is 9.13. The molecule has 1 saturated heterocycles. The minimum absolute atomic E-state index is 0.0869. The van der Waals surface area contributed by atoms with Gasteiger partial charge in [0.05, 0.1) is 28.5 Å². The Morgan fingerprint density at radius 3 is 2.81 bits per heavy atom. The Morgan fingerprint density at radius 2 is 2.29 bits per heavy atom. The molecule has 2 rings (SSSR count). The van der Waals surface area contributed by atoms with Crippen LogP contribution in [0.1, 0.15) is 31.0 Å². The minimum atomic E-state index is -2.96. The van der Waals surface area contributed by atoms with Gasteiger partial charge in [-0.3, -0.25) is 4.79 Å². The van der Waals surface area contributed by atoms with Gasteiger partial charge in [0.15, 0.2) is 9.84 Å². The van der Waals surface area contributed by atoms with Crippen molar-refractivity contribution in [1.82, 2.24) is 9.80 Å². The molecule has 1 aliphatic heterocycles. The average molecular weight is 330 g/mol. The average Bonchev–Trinajstić information content (AvgIpc) is 2.89. The Labute approximate surface area is 127 Å². The van der Waals surface area contributed by atoms with Gasteiger partial charge in [0.1, 0.15) is 5.00 Å². The summed E-state index contributed by atoms with van der Waals surface area (Å²) >= 11 is 1.19. The number of aryl methyl sites for hydroxylation is 1. The quantitative estimate of drug-likeness (QED) is 0.623. The molecule has 1 aliphatic rings. The number of hydrogen-bond donors (Lipinski definition) is 2. The number of amides is 1. The molecule has 21 heavy (non-hydrogen) atoms. The maximum Gasteiger partial charge on any atom is 0.240 e. The normalized spacial score (nSPS) is 21.4. The molecule has 0 aromatic carbocycles. The van der Waals surface area contributed by atoms with Gasteiger partial charge in [0.25, 0.3) is 0 Å². The van der Waals surface area contributed by atoms with Crippen molar-refractivity contribution in [2.45, 2.75) is 26.7 Å². The van der Waals surface area contributed by atoms with E-state index in [1.165, 1.54) is 11.5 Å². The third-order valence-electron chi connectivity index (χ3n) is 3.40. The summed E-state index contributed by atoms with van der Waals surface area (Å²) in [6, 6.07) is 0. The van der Waals surface area contributed by atoms with Gasteiger partial charge in [-0.15, -0.1) is 0 Å². The van der Waals surface area contributed by atoms with E-state index in [9.17, 15) is 13.2 Å². The smallest absolute Gasteiger partial charge is 0.240 e. The van der Waals surface area contributed by atoms with Gasteiger partial charge < -0.3 is 5.73 Å². The second kappa shape index (κ2) is 6.10. The highest BCUT2D eigenvalue weighted by molar-refractivity contribution is 7.91. The molecule has 3 N–H and O–H groups in total. The Bertz CT molecular complexity index is 659. The van der Waals surface area contributed by atoms with Crippen molar-refractivity contribution in [2.24, 2.45) is 11.0 Å². The summed E-state index contributed by atoms with van der Waals surface area (Å²) in [5, 5.41) is 4.58. The lowest BCUT2D eigenvalue weighted by Gasteiger charge is -2.06. The molecule has 0 spiro atoms. The fourth-order valence-electron chi connectivity index (χ4n) is 2.37. The van der Waals surface area contributed by atoms with Crippen LogP contribution in [0.25, 0.3) is 0 Å². The van der Waals surface area contributed by atoms with Gasteiger partial charge in [-0.05, 0) is 37.7 Å². The molecule has 0 radical (unpaired) electrons. The van der Waals surface area contributed by atoms with Crippen molar-refractivity contribution in [3.05, 3.63) is 11.3 Å². The maximum atomic E-state index is 11.8. The topological polar surface area (TPSA) is 115 Å². The molecule has 0 unspecified atom stereocenters. The van der Waals surface area contributed by atoms with Gasteiger partial charge in [0, 0.05) is 6.42 Å². The number of rotatable bonds is 4. The van der Waals surface area contributed by atoms with Crippen LogP contribution in [-0.2, 0) is 14.6 Å². The predicted octanol–water partition coefficient (Wildman–Crippen LogP) is 0.699. The second-order valence-corrected chi connectivity index (χ2v) is 8.25. The number of anilines is 1. The molecule has 1 aromatic rings. The molecule has 2 heterocycles. The first kappa shape index (κ1) is 15.9. The van der Waals surface area contributed by atoms with Crippen LogP contribution in [0.5, 0.6) is 0 Å². The van der Waals surface area contributed by atoms with Crippen LogP contribution in [0.3, 0.4) is 0 Å². The zero-order valence-electron chi connectivity index (χ0n) is 11.9. The molecule has 0 bridgehead atoms. The zero-order chi connectivity index (χ0) is 15.6. The largest absolute Gasteiger partial charge is 0.389 e. The Morgan fingerprint density at radius 1 is 1.57 bits per heavy atom. The number of sulfone groups is 1. The summed E-state index contributed by atoms with van der Waals surface area (Å²) in [5.74, 6) is -0.135. The molecule has 7 nitrogen and oxygen atoms in total. The van der Waals surface area contributed by atoms with Crippen LogP contribution in [0.2, 0.25) is 0 Å². The van der Waals surface area contributed by atoms with E-state index in [-0.39, 0.29) is 29.8 Å². The fourth-order valence-corrected chi connectivity index (χ4v) is 4.95. The summed E-state index contributed by atoms with van der Waals surface area (Å²) in [6.07, 6.45) is 0.714.